The van der Waals surface area contributed by atoms with E-state index in [9.17, 15) is 18.0 Å². The highest BCUT2D eigenvalue weighted by molar-refractivity contribution is 7.90. The summed E-state index contributed by atoms with van der Waals surface area (Å²) in [4.78, 5) is 31.2. The second-order valence-electron chi connectivity index (χ2n) is 5.83. The van der Waals surface area contributed by atoms with Crippen LogP contribution in [0.1, 0.15) is 21.7 Å². The van der Waals surface area contributed by atoms with E-state index in [1.165, 1.54) is 18.2 Å². The fraction of sp³-hybridized carbons (Fsp3) is 0.167. The standard InChI is InChI=1S/C18H16N2O5S/c1-11-6-5-8-13-16(11)19-15(20-17(13)21)10-25-18(22)12-7-3-4-9-14(12)26(2,23)24/h3-9H,10H2,1-2H3,(H,19,20,21). The molecule has 3 aromatic rings. The number of ether oxygens (including phenoxy) is 1. The van der Waals surface area contributed by atoms with Crippen molar-refractivity contribution in [1.82, 2.24) is 9.97 Å². The number of carbonyl (C=O) groups is 1. The molecule has 0 spiro atoms. The Hall–Kier alpha value is -3.00. The Labute approximate surface area is 149 Å². The summed E-state index contributed by atoms with van der Waals surface area (Å²) in [6.07, 6.45) is 1.02. The molecule has 0 saturated carbocycles. The summed E-state index contributed by atoms with van der Waals surface area (Å²) in [7, 11) is -3.58. The van der Waals surface area contributed by atoms with Crippen molar-refractivity contribution >= 4 is 26.7 Å². The van der Waals surface area contributed by atoms with Crippen LogP contribution in [-0.4, -0.2) is 30.6 Å². The molecule has 1 heterocycles. The monoisotopic (exact) mass is 372 g/mol. The SMILES string of the molecule is Cc1cccc2c(=O)[nH]c(COC(=O)c3ccccc3S(C)(=O)=O)nc12. The zero-order valence-corrected chi connectivity index (χ0v) is 15.0. The Morgan fingerprint density at radius 3 is 2.62 bits per heavy atom. The molecule has 0 fully saturated rings. The first-order chi connectivity index (χ1) is 12.3. The van der Waals surface area contributed by atoms with Crippen LogP contribution in [-0.2, 0) is 21.2 Å². The van der Waals surface area contributed by atoms with Crippen LogP contribution in [0.15, 0.2) is 52.2 Å². The summed E-state index contributed by atoms with van der Waals surface area (Å²) >= 11 is 0. The maximum atomic E-state index is 12.3. The first-order valence-electron chi connectivity index (χ1n) is 7.72. The molecule has 0 unspecified atom stereocenters. The highest BCUT2D eigenvalue weighted by Crippen LogP contribution is 2.17. The zero-order valence-electron chi connectivity index (χ0n) is 14.1. The molecular formula is C18H16N2O5S. The summed E-state index contributed by atoms with van der Waals surface area (Å²) in [5.74, 6) is -0.624. The number of nitrogens with zero attached hydrogens (tertiary/aromatic N) is 1. The molecule has 0 aliphatic carbocycles. The number of H-pyrrole nitrogens is 1. The molecule has 8 heteroatoms. The number of sulfone groups is 1. The second-order valence-corrected chi connectivity index (χ2v) is 7.81. The predicted octanol–water partition coefficient (Wildman–Crippen LogP) is 1.99. The zero-order chi connectivity index (χ0) is 18.9. The number of para-hydroxylation sites is 1. The van der Waals surface area contributed by atoms with Gasteiger partial charge in [0.05, 0.1) is 21.4 Å². The third-order valence-electron chi connectivity index (χ3n) is 3.83. The van der Waals surface area contributed by atoms with E-state index in [1.807, 2.05) is 13.0 Å². The van der Waals surface area contributed by atoms with Gasteiger partial charge in [-0.2, -0.15) is 0 Å². The average molecular weight is 372 g/mol. The summed E-state index contributed by atoms with van der Waals surface area (Å²) in [5, 5.41) is 0.447. The van der Waals surface area contributed by atoms with Crippen molar-refractivity contribution in [3.8, 4) is 0 Å². The minimum atomic E-state index is -3.58. The quantitative estimate of drug-likeness (QED) is 0.702. The van der Waals surface area contributed by atoms with E-state index in [1.54, 1.807) is 18.2 Å². The Balaban J connectivity index is 1.89. The Bertz CT molecular complexity index is 1170. The van der Waals surface area contributed by atoms with Crippen LogP contribution in [0.4, 0.5) is 0 Å². The van der Waals surface area contributed by atoms with Gasteiger partial charge in [-0.3, -0.25) is 4.79 Å². The third kappa shape index (κ3) is 3.50. The topological polar surface area (TPSA) is 106 Å². The minimum absolute atomic E-state index is 0.0608. The van der Waals surface area contributed by atoms with Gasteiger partial charge in [-0.15, -0.1) is 0 Å². The summed E-state index contributed by atoms with van der Waals surface area (Å²) in [6, 6.07) is 11.0. The van der Waals surface area contributed by atoms with Crippen molar-refractivity contribution in [1.29, 1.82) is 0 Å². The maximum Gasteiger partial charge on any atom is 0.339 e. The molecular weight excluding hydrogens is 356 g/mol. The number of aryl methyl sites for hydroxylation is 1. The number of esters is 1. The van der Waals surface area contributed by atoms with Crippen molar-refractivity contribution < 1.29 is 17.9 Å². The molecule has 1 aromatic heterocycles. The van der Waals surface area contributed by atoms with Crippen molar-refractivity contribution in [2.24, 2.45) is 0 Å². The molecule has 1 N–H and O–H groups in total. The fourth-order valence-corrected chi connectivity index (χ4v) is 3.47. The van der Waals surface area contributed by atoms with Gasteiger partial charge in [-0.25, -0.2) is 18.2 Å². The van der Waals surface area contributed by atoms with Gasteiger partial charge in [0, 0.05) is 6.26 Å². The van der Waals surface area contributed by atoms with Gasteiger partial charge >= 0.3 is 5.97 Å². The number of fused-ring (bicyclic) bond motifs is 1. The molecule has 7 nitrogen and oxygen atoms in total. The van der Waals surface area contributed by atoms with Crippen LogP contribution in [0, 0.1) is 6.92 Å². The number of benzene rings is 2. The lowest BCUT2D eigenvalue weighted by atomic mass is 10.1. The molecule has 0 aliphatic heterocycles. The fourth-order valence-electron chi connectivity index (χ4n) is 2.59. The van der Waals surface area contributed by atoms with Gasteiger partial charge in [0.25, 0.3) is 5.56 Å². The van der Waals surface area contributed by atoms with Crippen molar-refractivity contribution in [2.45, 2.75) is 18.4 Å². The molecule has 3 rings (SSSR count). The van der Waals surface area contributed by atoms with Gasteiger partial charge in [0.1, 0.15) is 12.4 Å². The van der Waals surface area contributed by atoms with E-state index in [4.69, 9.17) is 4.74 Å². The van der Waals surface area contributed by atoms with Crippen LogP contribution < -0.4 is 5.56 Å². The summed E-state index contributed by atoms with van der Waals surface area (Å²) in [6.45, 7) is 1.55. The first-order valence-corrected chi connectivity index (χ1v) is 9.61. The number of aromatic amines is 1. The van der Waals surface area contributed by atoms with Gasteiger partial charge < -0.3 is 9.72 Å². The van der Waals surface area contributed by atoms with Gasteiger partial charge in [0.2, 0.25) is 0 Å². The number of rotatable bonds is 4. The molecule has 134 valence electrons. The van der Waals surface area contributed by atoms with Crippen LogP contribution >= 0.6 is 0 Å². The van der Waals surface area contributed by atoms with Crippen molar-refractivity contribution in [2.75, 3.05) is 6.26 Å². The molecule has 0 amide bonds. The van der Waals surface area contributed by atoms with Gasteiger partial charge in [-0.05, 0) is 30.7 Å². The lowest BCUT2D eigenvalue weighted by Gasteiger charge is -2.09. The van der Waals surface area contributed by atoms with E-state index in [-0.39, 0.29) is 28.4 Å². The molecule has 0 saturated heterocycles. The number of nitrogens with one attached hydrogen (secondary N) is 1. The molecule has 2 aromatic carbocycles. The Morgan fingerprint density at radius 1 is 1.15 bits per heavy atom. The van der Waals surface area contributed by atoms with Gasteiger partial charge in [-0.1, -0.05) is 24.3 Å². The predicted molar refractivity (Wildman–Crippen MR) is 95.8 cm³/mol. The highest BCUT2D eigenvalue weighted by Gasteiger charge is 2.19. The first kappa shape index (κ1) is 17.8. The second kappa shape index (κ2) is 6.72. The minimum Gasteiger partial charge on any atom is -0.454 e. The maximum absolute atomic E-state index is 12.3. The van der Waals surface area contributed by atoms with Crippen LogP contribution in [0.2, 0.25) is 0 Å². The van der Waals surface area contributed by atoms with E-state index in [0.717, 1.165) is 11.8 Å². The number of hydrogen-bond donors (Lipinski definition) is 1. The normalized spacial score (nSPS) is 11.5. The van der Waals surface area contributed by atoms with E-state index in [2.05, 4.69) is 9.97 Å². The van der Waals surface area contributed by atoms with Crippen LogP contribution in [0.25, 0.3) is 10.9 Å². The molecule has 0 radical (unpaired) electrons. The number of hydrogen-bond acceptors (Lipinski definition) is 6. The lowest BCUT2D eigenvalue weighted by Crippen LogP contribution is -2.16. The Morgan fingerprint density at radius 2 is 1.88 bits per heavy atom. The molecule has 0 aliphatic rings. The van der Waals surface area contributed by atoms with Crippen molar-refractivity contribution in [3.05, 3.63) is 69.8 Å². The van der Waals surface area contributed by atoms with Crippen LogP contribution in [0.3, 0.4) is 0 Å². The molecule has 0 atom stereocenters. The smallest absolute Gasteiger partial charge is 0.339 e. The highest BCUT2D eigenvalue weighted by atomic mass is 32.2. The third-order valence-corrected chi connectivity index (χ3v) is 4.99. The van der Waals surface area contributed by atoms with Crippen molar-refractivity contribution in [3.63, 3.8) is 0 Å². The van der Waals surface area contributed by atoms with E-state index < -0.39 is 15.8 Å². The van der Waals surface area contributed by atoms with Crippen LogP contribution in [0.5, 0.6) is 0 Å². The summed E-state index contributed by atoms with van der Waals surface area (Å²) < 4.78 is 28.7. The Kier molecular flexibility index (Phi) is 4.60. The van der Waals surface area contributed by atoms with Gasteiger partial charge in [0.15, 0.2) is 9.84 Å². The largest absolute Gasteiger partial charge is 0.454 e. The molecule has 0 bridgehead atoms. The van der Waals surface area contributed by atoms with E-state index >= 15 is 0 Å². The number of aromatic nitrogens is 2. The lowest BCUT2D eigenvalue weighted by molar-refractivity contribution is 0.0457. The number of carbonyl (C=O) groups excluding carboxylic acids is 1. The van der Waals surface area contributed by atoms with E-state index in [0.29, 0.717) is 10.9 Å². The summed E-state index contributed by atoms with van der Waals surface area (Å²) in [5.41, 5.74) is 0.957. The molecule has 26 heavy (non-hydrogen) atoms. The average Bonchev–Trinajstić information content (AvgIpc) is 2.60.